The number of carbonyl (C=O) groups is 1. The van der Waals surface area contributed by atoms with Gasteiger partial charge in [-0.25, -0.2) is 0 Å². The maximum absolute atomic E-state index is 11.8. The maximum Gasteiger partial charge on any atom is 0.322 e. The molecule has 0 heterocycles. The summed E-state index contributed by atoms with van der Waals surface area (Å²) in [6, 6.07) is 8.18. The number of hydrogen-bond acceptors (Lipinski definition) is 3. The van der Waals surface area contributed by atoms with Crippen molar-refractivity contribution in [2.24, 2.45) is 5.92 Å². The van der Waals surface area contributed by atoms with Crippen molar-refractivity contribution in [2.75, 3.05) is 7.11 Å². The second kappa shape index (κ2) is 7.28. The van der Waals surface area contributed by atoms with E-state index in [0.29, 0.717) is 17.9 Å². The minimum atomic E-state index is -0.202. The van der Waals surface area contributed by atoms with Gasteiger partial charge in [0, 0.05) is 11.1 Å². The van der Waals surface area contributed by atoms with E-state index in [1.165, 1.54) is 12.7 Å². The molecule has 0 spiro atoms. The van der Waals surface area contributed by atoms with Crippen LogP contribution in [0.3, 0.4) is 0 Å². The van der Waals surface area contributed by atoms with E-state index in [-0.39, 0.29) is 12.0 Å². The van der Waals surface area contributed by atoms with Crippen molar-refractivity contribution in [2.45, 2.75) is 51.1 Å². The van der Waals surface area contributed by atoms with Gasteiger partial charge in [0.15, 0.2) is 0 Å². The van der Waals surface area contributed by atoms with Gasteiger partial charge >= 0.3 is 5.97 Å². The first-order chi connectivity index (χ1) is 10.0. The molecule has 21 heavy (non-hydrogen) atoms. The molecule has 1 fully saturated rings. The Morgan fingerprint density at radius 3 is 2.62 bits per heavy atom. The van der Waals surface area contributed by atoms with Crippen LogP contribution in [0.1, 0.15) is 44.6 Å². The number of benzene rings is 1. The average Bonchev–Trinajstić information content (AvgIpc) is 2.41. The summed E-state index contributed by atoms with van der Waals surface area (Å²) in [6.07, 6.45) is 2.85. The molecule has 1 aliphatic carbocycles. The molecule has 0 aromatic heterocycles. The SMILES string of the molecule is COC(=O)C(CC(C)C)NC1CC(c2ccccc2Cl)C1. The number of esters is 1. The number of ether oxygens (including phenoxy) is 1. The zero-order valence-corrected chi connectivity index (χ0v) is 13.7. The van der Waals surface area contributed by atoms with Crippen LogP contribution in [-0.2, 0) is 9.53 Å². The molecule has 1 aromatic carbocycles. The predicted molar refractivity (Wildman–Crippen MR) is 85.6 cm³/mol. The Morgan fingerprint density at radius 2 is 2.05 bits per heavy atom. The quantitative estimate of drug-likeness (QED) is 0.813. The van der Waals surface area contributed by atoms with Gasteiger partial charge in [0.25, 0.3) is 0 Å². The molecule has 1 saturated carbocycles. The molecule has 0 bridgehead atoms. The normalized spacial score (nSPS) is 22.7. The lowest BCUT2D eigenvalue weighted by atomic mass is 9.75. The van der Waals surface area contributed by atoms with Gasteiger partial charge in [0.2, 0.25) is 0 Å². The van der Waals surface area contributed by atoms with Gasteiger partial charge in [-0.15, -0.1) is 0 Å². The average molecular weight is 310 g/mol. The standard InChI is InChI=1S/C17H24ClNO2/c1-11(2)8-16(17(20)21-3)19-13-9-12(10-13)14-6-4-5-7-15(14)18/h4-7,11-13,16,19H,8-10H2,1-3H3. The molecule has 0 aliphatic heterocycles. The molecular weight excluding hydrogens is 286 g/mol. The molecule has 2 rings (SSSR count). The molecule has 4 heteroatoms. The minimum absolute atomic E-state index is 0.162. The van der Waals surface area contributed by atoms with Crippen molar-refractivity contribution < 1.29 is 9.53 Å². The lowest BCUT2D eigenvalue weighted by molar-refractivity contribution is -0.144. The maximum atomic E-state index is 11.8. The van der Waals surface area contributed by atoms with E-state index in [1.54, 1.807) is 0 Å². The molecule has 0 amide bonds. The topological polar surface area (TPSA) is 38.3 Å². The molecule has 1 aromatic rings. The van der Waals surface area contributed by atoms with Gasteiger partial charge < -0.3 is 10.1 Å². The molecule has 0 saturated heterocycles. The largest absolute Gasteiger partial charge is 0.468 e. The predicted octanol–water partition coefficient (Wildman–Crippen LogP) is 3.76. The van der Waals surface area contributed by atoms with Crippen LogP contribution in [0.5, 0.6) is 0 Å². The van der Waals surface area contributed by atoms with E-state index in [9.17, 15) is 4.79 Å². The Kier molecular flexibility index (Phi) is 5.65. The molecule has 1 N–H and O–H groups in total. The minimum Gasteiger partial charge on any atom is -0.468 e. The number of halogens is 1. The molecule has 1 unspecified atom stereocenters. The number of carbonyl (C=O) groups excluding carboxylic acids is 1. The third-order valence-electron chi connectivity index (χ3n) is 4.11. The summed E-state index contributed by atoms with van der Waals surface area (Å²) in [5.74, 6) is 0.791. The molecular formula is C17H24ClNO2. The number of nitrogens with one attached hydrogen (secondary N) is 1. The van der Waals surface area contributed by atoms with Gasteiger partial charge in [-0.2, -0.15) is 0 Å². The van der Waals surface area contributed by atoms with Crippen molar-refractivity contribution in [1.82, 2.24) is 5.32 Å². The first-order valence-corrected chi connectivity index (χ1v) is 7.97. The zero-order chi connectivity index (χ0) is 15.4. The van der Waals surface area contributed by atoms with Crippen LogP contribution in [0.25, 0.3) is 0 Å². The number of rotatable bonds is 6. The highest BCUT2D eigenvalue weighted by molar-refractivity contribution is 6.31. The van der Waals surface area contributed by atoms with E-state index in [4.69, 9.17) is 16.3 Å². The van der Waals surface area contributed by atoms with Crippen molar-refractivity contribution in [3.05, 3.63) is 34.9 Å². The Morgan fingerprint density at radius 1 is 1.38 bits per heavy atom. The highest BCUT2D eigenvalue weighted by Gasteiger charge is 2.34. The van der Waals surface area contributed by atoms with E-state index >= 15 is 0 Å². The number of methoxy groups -OCH3 is 1. The first-order valence-electron chi connectivity index (χ1n) is 7.59. The fourth-order valence-corrected chi connectivity index (χ4v) is 3.23. The smallest absolute Gasteiger partial charge is 0.322 e. The Balaban J connectivity index is 1.88. The second-order valence-electron chi connectivity index (χ2n) is 6.26. The van der Waals surface area contributed by atoms with E-state index < -0.39 is 0 Å². The van der Waals surface area contributed by atoms with Crippen LogP contribution >= 0.6 is 11.6 Å². The fraction of sp³-hybridized carbons (Fsp3) is 0.588. The van der Waals surface area contributed by atoms with Crippen LogP contribution in [-0.4, -0.2) is 25.2 Å². The summed E-state index contributed by atoms with van der Waals surface area (Å²) in [6.45, 7) is 4.23. The van der Waals surface area contributed by atoms with Crippen molar-refractivity contribution in [3.63, 3.8) is 0 Å². The Bertz CT molecular complexity index is 483. The highest BCUT2D eigenvalue weighted by atomic mass is 35.5. The Labute approximate surface area is 132 Å². The van der Waals surface area contributed by atoms with Crippen LogP contribution in [0, 0.1) is 5.92 Å². The third kappa shape index (κ3) is 4.21. The van der Waals surface area contributed by atoms with E-state index in [1.807, 2.05) is 18.2 Å². The summed E-state index contributed by atoms with van der Waals surface area (Å²) in [5.41, 5.74) is 1.22. The van der Waals surface area contributed by atoms with Crippen LogP contribution in [0.4, 0.5) is 0 Å². The summed E-state index contributed by atoms with van der Waals surface area (Å²) in [4.78, 5) is 11.8. The van der Waals surface area contributed by atoms with Crippen LogP contribution < -0.4 is 5.32 Å². The van der Waals surface area contributed by atoms with Gasteiger partial charge in [-0.3, -0.25) is 4.79 Å². The van der Waals surface area contributed by atoms with Gasteiger partial charge in [0.05, 0.1) is 7.11 Å². The summed E-state index contributed by atoms with van der Waals surface area (Å²) >= 11 is 6.23. The molecule has 0 radical (unpaired) electrons. The summed E-state index contributed by atoms with van der Waals surface area (Å²) in [5, 5.41) is 4.28. The van der Waals surface area contributed by atoms with Crippen LogP contribution in [0.2, 0.25) is 5.02 Å². The number of hydrogen-bond donors (Lipinski definition) is 1. The van der Waals surface area contributed by atoms with E-state index in [2.05, 4.69) is 25.2 Å². The van der Waals surface area contributed by atoms with Crippen molar-refractivity contribution in [1.29, 1.82) is 0 Å². The van der Waals surface area contributed by atoms with Gasteiger partial charge in [-0.05, 0) is 42.7 Å². The Hall–Kier alpha value is -1.06. The van der Waals surface area contributed by atoms with Crippen molar-refractivity contribution >= 4 is 17.6 Å². The van der Waals surface area contributed by atoms with E-state index in [0.717, 1.165) is 24.3 Å². The fourth-order valence-electron chi connectivity index (χ4n) is 2.94. The van der Waals surface area contributed by atoms with Crippen LogP contribution in [0.15, 0.2) is 24.3 Å². The lowest BCUT2D eigenvalue weighted by Gasteiger charge is -2.38. The van der Waals surface area contributed by atoms with Gasteiger partial charge in [0.1, 0.15) is 6.04 Å². The molecule has 3 nitrogen and oxygen atoms in total. The zero-order valence-electron chi connectivity index (χ0n) is 12.9. The second-order valence-corrected chi connectivity index (χ2v) is 6.67. The monoisotopic (exact) mass is 309 g/mol. The van der Waals surface area contributed by atoms with Crippen molar-refractivity contribution in [3.8, 4) is 0 Å². The van der Waals surface area contributed by atoms with Gasteiger partial charge in [-0.1, -0.05) is 43.6 Å². The highest BCUT2D eigenvalue weighted by Crippen LogP contribution is 2.40. The summed E-state index contributed by atoms with van der Waals surface area (Å²) < 4.78 is 4.89. The molecule has 116 valence electrons. The first kappa shape index (κ1) is 16.3. The molecule has 1 atom stereocenters. The molecule has 1 aliphatic rings. The third-order valence-corrected chi connectivity index (χ3v) is 4.46. The lowest BCUT2D eigenvalue weighted by Crippen LogP contribution is -2.49. The summed E-state index contributed by atoms with van der Waals surface area (Å²) in [7, 11) is 1.45.